The molecule has 0 spiro atoms. The number of nitrogens with zero attached hydrogens (tertiary/aromatic N) is 2. The highest BCUT2D eigenvalue weighted by Crippen LogP contribution is 2.45. The van der Waals surface area contributed by atoms with Crippen LogP contribution in [0.2, 0.25) is 0 Å². The number of pyridine rings is 1. The minimum absolute atomic E-state index is 0.272. The lowest BCUT2D eigenvalue weighted by atomic mass is 9.73. The number of aliphatic hydroxyl groups is 1. The number of hydroxylamine groups is 3. The van der Waals surface area contributed by atoms with E-state index in [4.69, 9.17) is 4.74 Å². The Balaban J connectivity index is 1.65. The van der Waals surface area contributed by atoms with Gasteiger partial charge in [0, 0.05) is 35.9 Å². The second-order valence-electron chi connectivity index (χ2n) is 7.38. The van der Waals surface area contributed by atoms with E-state index in [0.717, 1.165) is 29.5 Å². The second kappa shape index (κ2) is 6.09. The molecule has 1 unspecified atom stereocenters. The van der Waals surface area contributed by atoms with Crippen LogP contribution in [0.25, 0.3) is 10.9 Å². The lowest BCUT2D eigenvalue weighted by molar-refractivity contribution is -0.929. The normalized spacial score (nSPS) is 32.5. The molecule has 3 fully saturated rings. The molecule has 1 aromatic heterocycles. The maximum Gasteiger partial charge on any atom is 0.132 e. The molecule has 0 radical (unpaired) electrons. The first-order valence-electron chi connectivity index (χ1n) is 8.86. The van der Waals surface area contributed by atoms with E-state index in [1.807, 2.05) is 30.3 Å². The summed E-state index contributed by atoms with van der Waals surface area (Å²) in [5, 5.41) is 25.2. The highest BCUT2D eigenvalue weighted by molar-refractivity contribution is 5.80. The van der Waals surface area contributed by atoms with Crippen LogP contribution in [0.1, 0.15) is 24.5 Å². The van der Waals surface area contributed by atoms with Gasteiger partial charge in [0.1, 0.15) is 17.9 Å². The van der Waals surface area contributed by atoms with Gasteiger partial charge in [0.05, 0.1) is 25.7 Å². The van der Waals surface area contributed by atoms with Gasteiger partial charge in [-0.3, -0.25) is 4.98 Å². The van der Waals surface area contributed by atoms with Crippen LogP contribution in [0, 0.1) is 17.0 Å². The van der Waals surface area contributed by atoms with Crippen molar-refractivity contribution in [3.63, 3.8) is 0 Å². The Morgan fingerprint density at radius 2 is 2.28 bits per heavy atom. The van der Waals surface area contributed by atoms with Gasteiger partial charge in [0.2, 0.25) is 0 Å². The van der Waals surface area contributed by atoms with Crippen LogP contribution in [-0.4, -0.2) is 41.0 Å². The number of piperidine rings is 3. The average Bonchev–Trinajstić information content (AvgIpc) is 2.65. The summed E-state index contributed by atoms with van der Waals surface area (Å²) in [7, 11) is 1.63. The van der Waals surface area contributed by atoms with E-state index in [0.29, 0.717) is 24.6 Å². The second-order valence-corrected chi connectivity index (χ2v) is 7.38. The van der Waals surface area contributed by atoms with E-state index < -0.39 is 6.10 Å². The number of hydrogen-bond acceptors (Lipinski definition) is 4. The number of aromatic nitrogens is 1. The highest BCUT2D eigenvalue weighted by atomic mass is 16.6. The molecule has 0 aliphatic carbocycles. The molecule has 1 aromatic carbocycles. The Bertz CT molecular complexity index is 809. The van der Waals surface area contributed by atoms with Crippen molar-refractivity contribution >= 4 is 10.9 Å². The van der Waals surface area contributed by atoms with Gasteiger partial charge in [-0.05, 0) is 30.2 Å². The Hall–Kier alpha value is -1.95. The van der Waals surface area contributed by atoms with Crippen molar-refractivity contribution in [3.8, 4) is 5.75 Å². The number of hydrogen-bond donors (Lipinski definition) is 1. The summed E-state index contributed by atoms with van der Waals surface area (Å²) in [6.45, 7) is 5.00. The summed E-state index contributed by atoms with van der Waals surface area (Å²) in [4.78, 5) is 4.45. The minimum Gasteiger partial charge on any atom is -0.632 e. The third kappa shape index (κ3) is 2.72. The van der Waals surface area contributed by atoms with Crippen LogP contribution in [0.5, 0.6) is 5.75 Å². The summed E-state index contributed by atoms with van der Waals surface area (Å²) in [5.74, 6) is 1.48. The molecule has 2 aromatic rings. The predicted molar refractivity (Wildman–Crippen MR) is 96.8 cm³/mol. The molecule has 3 aliphatic rings. The average molecular weight is 340 g/mol. The number of aliphatic hydroxyl groups excluding tert-OH is 1. The van der Waals surface area contributed by atoms with E-state index in [-0.39, 0.29) is 16.6 Å². The molecule has 25 heavy (non-hydrogen) atoms. The van der Waals surface area contributed by atoms with Gasteiger partial charge in [-0.25, -0.2) is 0 Å². The maximum absolute atomic E-state index is 13.3. The Morgan fingerprint density at radius 1 is 1.44 bits per heavy atom. The first kappa shape index (κ1) is 16.5. The van der Waals surface area contributed by atoms with Crippen molar-refractivity contribution in [2.24, 2.45) is 11.8 Å². The van der Waals surface area contributed by atoms with Gasteiger partial charge in [-0.1, -0.05) is 6.08 Å². The van der Waals surface area contributed by atoms with Crippen LogP contribution in [-0.2, 0) is 0 Å². The fourth-order valence-electron chi connectivity index (χ4n) is 4.58. The number of methoxy groups -OCH3 is 1. The molecule has 0 saturated carbocycles. The van der Waals surface area contributed by atoms with E-state index >= 15 is 0 Å². The van der Waals surface area contributed by atoms with Crippen molar-refractivity contribution in [2.75, 3.05) is 20.2 Å². The predicted octanol–water partition coefficient (Wildman–Crippen LogP) is 3.19. The lowest BCUT2D eigenvalue weighted by Gasteiger charge is -2.60. The monoisotopic (exact) mass is 340 g/mol. The zero-order valence-electron chi connectivity index (χ0n) is 14.5. The summed E-state index contributed by atoms with van der Waals surface area (Å²) >= 11 is 0. The summed E-state index contributed by atoms with van der Waals surface area (Å²) in [6, 6.07) is 7.27. The van der Waals surface area contributed by atoms with Gasteiger partial charge in [0.25, 0.3) is 0 Å². The first-order chi connectivity index (χ1) is 12.0. The maximum atomic E-state index is 13.3. The highest BCUT2D eigenvalue weighted by Gasteiger charge is 2.49. The number of benzene rings is 1. The lowest BCUT2D eigenvalue weighted by Crippen LogP contribution is -2.64. The Morgan fingerprint density at radius 3 is 3.00 bits per heavy atom. The molecule has 1 N–H and O–H groups in total. The first-order valence-corrected chi connectivity index (χ1v) is 8.86. The van der Waals surface area contributed by atoms with Crippen molar-refractivity contribution in [1.29, 1.82) is 0 Å². The zero-order valence-corrected chi connectivity index (χ0v) is 14.5. The molecule has 5 heteroatoms. The summed E-state index contributed by atoms with van der Waals surface area (Å²) < 4.78 is 4.95. The molecule has 5 atom stereocenters. The molecule has 5 nitrogen and oxygen atoms in total. The molecular weight excluding hydrogens is 316 g/mol. The van der Waals surface area contributed by atoms with E-state index in [1.54, 1.807) is 13.3 Å². The number of ether oxygens (including phenoxy) is 1. The zero-order chi connectivity index (χ0) is 17.6. The van der Waals surface area contributed by atoms with Gasteiger partial charge in [-0.15, -0.1) is 6.58 Å². The third-order valence-electron chi connectivity index (χ3n) is 6.07. The van der Waals surface area contributed by atoms with Gasteiger partial charge >= 0.3 is 0 Å². The molecule has 3 aliphatic heterocycles. The largest absolute Gasteiger partial charge is 0.632 e. The van der Waals surface area contributed by atoms with Crippen LogP contribution < -0.4 is 4.74 Å². The number of rotatable bonds is 4. The Labute approximate surface area is 147 Å². The molecule has 0 amide bonds. The Kier molecular flexibility index (Phi) is 4.02. The fraction of sp³-hybridized carbons (Fsp3) is 0.450. The number of quaternary nitrogens is 1. The molecule has 2 bridgehead atoms. The van der Waals surface area contributed by atoms with Crippen molar-refractivity contribution < 1.29 is 14.5 Å². The summed E-state index contributed by atoms with van der Waals surface area (Å²) in [5.41, 5.74) is 1.56. The smallest absolute Gasteiger partial charge is 0.132 e. The summed E-state index contributed by atoms with van der Waals surface area (Å²) in [6.07, 6.45) is 4.49. The molecule has 3 saturated heterocycles. The van der Waals surface area contributed by atoms with E-state index in [9.17, 15) is 10.3 Å². The van der Waals surface area contributed by atoms with Crippen LogP contribution in [0.4, 0.5) is 0 Å². The van der Waals surface area contributed by atoms with E-state index in [1.165, 1.54) is 0 Å². The molecule has 5 rings (SSSR count). The molecule has 132 valence electrons. The van der Waals surface area contributed by atoms with Crippen molar-refractivity contribution in [2.45, 2.75) is 25.0 Å². The van der Waals surface area contributed by atoms with Crippen LogP contribution in [0.15, 0.2) is 43.1 Å². The van der Waals surface area contributed by atoms with E-state index in [2.05, 4.69) is 11.6 Å². The number of fused-ring (bicyclic) bond motifs is 4. The van der Waals surface area contributed by atoms with Gasteiger partial charge in [0.15, 0.2) is 0 Å². The van der Waals surface area contributed by atoms with Gasteiger partial charge in [-0.2, -0.15) is 0 Å². The molecular formula is C20H24N2O3. The van der Waals surface area contributed by atoms with Crippen molar-refractivity contribution in [3.05, 3.63) is 53.9 Å². The molecule has 4 heterocycles. The third-order valence-corrected chi connectivity index (χ3v) is 6.07. The van der Waals surface area contributed by atoms with Crippen LogP contribution >= 0.6 is 0 Å². The SMILES string of the molecule is C=C[C@H]1C[N@@+]2([O-])CCC1C[C@@H]2[C@H](O)c1cnc2ccc(OC)cc2c1. The fourth-order valence-corrected chi connectivity index (χ4v) is 4.58. The minimum atomic E-state index is -0.797. The van der Waals surface area contributed by atoms with Crippen LogP contribution in [0.3, 0.4) is 0 Å². The van der Waals surface area contributed by atoms with Crippen molar-refractivity contribution in [1.82, 2.24) is 4.98 Å². The van der Waals surface area contributed by atoms with Gasteiger partial charge < -0.3 is 19.7 Å². The topological polar surface area (TPSA) is 65.4 Å². The quantitative estimate of drug-likeness (QED) is 0.527. The standard InChI is InChI=1S/C20H24N2O3/c1-3-13-12-22(24)7-6-14(13)10-19(22)20(23)16-8-15-9-17(25-2)4-5-18(15)21-11-16/h3-5,8-9,11,13-14,19-20,23H,1,6-7,10,12H2,2H3/t13-,14?,19+,20+,22-/m0/s1.